The van der Waals surface area contributed by atoms with Gasteiger partial charge >= 0.3 is 5.97 Å². The normalized spacial score (nSPS) is 10.1. The lowest BCUT2D eigenvalue weighted by atomic mass is 10.2. The molecular formula is C14H18N2O6. The molecule has 0 aromatic carbocycles. The number of pyridine rings is 1. The number of aryl methyl sites for hydroxylation is 1. The van der Waals surface area contributed by atoms with Crippen molar-refractivity contribution in [1.82, 2.24) is 9.88 Å². The van der Waals surface area contributed by atoms with Gasteiger partial charge in [0.1, 0.15) is 6.54 Å². The number of rotatable bonds is 7. The van der Waals surface area contributed by atoms with Crippen LogP contribution in [0, 0.1) is 6.92 Å². The number of carbonyl (C=O) groups is 3. The Labute approximate surface area is 126 Å². The van der Waals surface area contributed by atoms with Gasteiger partial charge in [-0.05, 0) is 6.92 Å². The van der Waals surface area contributed by atoms with E-state index in [2.05, 4.69) is 10.1 Å². The summed E-state index contributed by atoms with van der Waals surface area (Å²) in [6, 6.07) is 1.21. The molecule has 120 valence electrons. The molecule has 0 atom stereocenters. The molecule has 0 aliphatic carbocycles. The summed E-state index contributed by atoms with van der Waals surface area (Å²) in [5.74, 6) is -1.68. The molecule has 1 aromatic rings. The second-order valence-electron chi connectivity index (χ2n) is 4.68. The van der Waals surface area contributed by atoms with Gasteiger partial charge in [-0.15, -0.1) is 0 Å². The number of nitrogens with zero attached hydrogens (tertiary/aromatic N) is 1. The van der Waals surface area contributed by atoms with Crippen LogP contribution in [0.3, 0.4) is 0 Å². The van der Waals surface area contributed by atoms with Gasteiger partial charge in [0, 0.05) is 18.2 Å². The number of aromatic hydroxyl groups is 1. The highest BCUT2D eigenvalue weighted by molar-refractivity contribution is 5.88. The number of hydrogen-bond acceptors (Lipinski definition) is 6. The van der Waals surface area contributed by atoms with E-state index in [1.165, 1.54) is 17.7 Å². The molecule has 8 heteroatoms. The first kappa shape index (κ1) is 17.4. The number of amides is 1. The van der Waals surface area contributed by atoms with Crippen molar-refractivity contribution < 1.29 is 24.2 Å². The summed E-state index contributed by atoms with van der Waals surface area (Å²) in [6.07, 6.45) is 1.12. The van der Waals surface area contributed by atoms with Gasteiger partial charge in [-0.3, -0.25) is 19.2 Å². The number of esters is 1. The number of Topliss-reactive ketones (excluding diaryl/α,β-unsaturated/α-hetero) is 1. The van der Waals surface area contributed by atoms with Crippen molar-refractivity contribution in [1.29, 1.82) is 0 Å². The molecule has 2 N–H and O–H groups in total. The highest BCUT2D eigenvalue weighted by Crippen LogP contribution is 2.03. The van der Waals surface area contributed by atoms with E-state index < -0.39 is 23.1 Å². The Morgan fingerprint density at radius 2 is 2.00 bits per heavy atom. The van der Waals surface area contributed by atoms with Gasteiger partial charge in [0.25, 0.3) is 0 Å². The van der Waals surface area contributed by atoms with Gasteiger partial charge in [0.2, 0.25) is 11.3 Å². The van der Waals surface area contributed by atoms with Crippen molar-refractivity contribution in [2.45, 2.75) is 26.3 Å². The van der Waals surface area contributed by atoms with Crippen molar-refractivity contribution >= 4 is 17.7 Å². The number of nitrogens with one attached hydrogen (secondary N) is 1. The lowest BCUT2D eigenvalue weighted by molar-refractivity contribution is -0.141. The van der Waals surface area contributed by atoms with E-state index in [4.69, 9.17) is 0 Å². The van der Waals surface area contributed by atoms with Crippen molar-refractivity contribution in [2.24, 2.45) is 0 Å². The minimum Gasteiger partial charge on any atom is -0.503 e. The van der Waals surface area contributed by atoms with E-state index in [0.717, 1.165) is 6.20 Å². The van der Waals surface area contributed by atoms with Crippen LogP contribution in [0.5, 0.6) is 5.75 Å². The summed E-state index contributed by atoms with van der Waals surface area (Å²) < 4.78 is 5.80. The van der Waals surface area contributed by atoms with Crippen LogP contribution in [0.2, 0.25) is 0 Å². The molecule has 0 saturated heterocycles. The van der Waals surface area contributed by atoms with Gasteiger partial charge in [-0.25, -0.2) is 0 Å². The molecule has 0 aliphatic rings. The van der Waals surface area contributed by atoms with Gasteiger partial charge < -0.3 is 19.7 Å². The van der Waals surface area contributed by atoms with Crippen molar-refractivity contribution in [3.8, 4) is 5.75 Å². The van der Waals surface area contributed by atoms with E-state index in [-0.39, 0.29) is 31.7 Å². The third-order valence-corrected chi connectivity index (χ3v) is 2.96. The predicted octanol–water partition coefficient (Wildman–Crippen LogP) is -0.499. The minimum absolute atomic E-state index is 0.00914. The van der Waals surface area contributed by atoms with Crippen LogP contribution < -0.4 is 10.7 Å². The molecule has 0 radical (unpaired) electrons. The van der Waals surface area contributed by atoms with E-state index >= 15 is 0 Å². The Hall–Kier alpha value is -2.64. The maximum atomic E-state index is 11.7. The molecule has 0 aliphatic heterocycles. The first-order chi connectivity index (χ1) is 10.3. The molecule has 0 bridgehead atoms. The Morgan fingerprint density at radius 1 is 1.32 bits per heavy atom. The molecule has 1 heterocycles. The topological polar surface area (TPSA) is 115 Å². The summed E-state index contributed by atoms with van der Waals surface area (Å²) >= 11 is 0. The highest BCUT2D eigenvalue weighted by atomic mass is 16.5. The average Bonchev–Trinajstić information content (AvgIpc) is 2.48. The second kappa shape index (κ2) is 7.96. The van der Waals surface area contributed by atoms with Crippen molar-refractivity contribution in [2.75, 3.05) is 13.7 Å². The fourth-order valence-electron chi connectivity index (χ4n) is 1.67. The summed E-state index contributed by atoms with van der Waals surface area (Å²) in [5.41, 5.74) is -0.0119. The van der Waals surface area contributed by atoms with Crippen molar-refractivity contribution in [3.63, 3.8) is 0 Å². The average molecular weight is 310 g/mol. The number of ether oxygens (including phenoxy) is 1. The predicted molar refractivity (Wildman–Crippen MR) is 76.4 cm³/mol. The molecule has 0 saturated carbocycles. The molecule has 0 unspecified atom stereocenters. The largest absolute Gasteiger partial charge is 0.503 e. The summed E-state index contributed by atoms with van der Waals surface area (Å²) in [6.45, 7) is 1.29. The van der Waals surface area contributed by atoms with Crippen LogP contribution in [0.15, 0.2) is 17.1 Å². The van der Waals surface area contributed by atoms with Gasteiger partial charge in [0.15, 0.2) is 11.5 Å². The molecule has 0 fully saturated rings. The number of ketones is 1. The van der Waals surface area contributed by atoms with Crippen LogP contribution in [-0.4, -0.2) is 41.0 Å². The van der Waals surface area contributed by atoms with E-state index in [9.17, 15) is 24.3 Å². The Morgan fingerprint density at radius 3 is 2.64 bits per heavy atom. The molecule has 1 rings (SSSR count). The number of methoxy groups -OCH3 is 1. The SMILES string of the molecule is COC(=O)CCC(=O)CNC(=O)Cn1cc(O)c(=O)cc1C. The Kier molecular flexibility index (Phi) is 6.30. The second-order valence-corrected chi connectivity index (χ2v) is 4.68. The maximum absolute atomic E-state index is 11.7. The molecule has 1 aromatic heterocycles. The highest BCUT2D eigenvalue weighted by Gasteiger charge is 2.10. The van der Waals surface area contributed by atoms with Gasteiger partial charge in [-0.1, -0.05) is 0 Å². The van der Waals surface area contributed by atoms with Crippen LogP contribution in [-0.2, 0) is 25.7 Å². The Bertz CT molecular complexity index is 635. The molecule has 0 spiro atoms. The van der Waals surface area contributed by atoms with Crippen LogP contribution in [0.25, 0.3) is 0 Å². The third-order valence-electron chi connectivity index (χ3n) is 2.96. The zero-order valence-electron chi connectivity index (χ0n) is 12.4. The quantitative estimate of drug-likeness (QED) is 0.656. The van der Waals surface area contributed by atoms with E-state index in [1.807, 2.05) is 0 Å². The monoisotopic (exact) mass is 310 g/mol. The zero-order valence-corrected chi connectivity index (χ0v) is 12.4. The summed E-state index contributed by atoms with van der Waals surface area (Å²) in [7, 11) is 1.23. The number of carbonyl (C=O) groups excluding carboxylic acids is 3. The fraction of sp³-hybridized carbons (Fsp3) is 0.429. The van der Waals surface area contributed by atoms with Crippen LogP contribution in [0.4, 0.5) is 0 Å². The molecule has 1 amide bonds. The molecule has 22 heavy (non-hydrogen) atoms. The van der Waals surface area contributed by atoms with E-state index in [0.29, 0.717) is 5.69 Å². The number of aromatic nitrogens is 1. The minimum atomic E-state index is -0.521. The summed E-state index contributed by atoms with van der Waals surface area (Å²) in [4.78, 5) is 45.3. The van der Waals surface area contributed by atoms with Crippen LogP contribution >= 0.6 is 0 Å². The molecular weight excluding hydrogens is 292 g/mol. The maximum Gasteiger partial charge on any atom is 0.305 e. The van der Waals surface area contributed by atoms with Gasteiger partial charge in [0.05, 0.1) is 26.3 Å². The first-order valence-corrected chi connectivity index (χ1v) is 6.58. The number of hydrogen-bond donors (Lipinski definition) is 2. The zero-order chi connectivity index (χ0) is 16.7. The molecule has 8 nitrogen and oxygen atoms in total. The Balaban J connectivity index is 2.47. The third kappa shape index (κ3) is 5.39. The first-order valence-electron chi connectivity index (χ1n) is 6.58. The van der Waals surface area contributed by atoms with Gasteiger partial charge in [-0.2, -0.15) is 0 Å². The van der Waals surface area contributed by atoms with Crippen molar-refractivity contribution in [3.05, 3.63) is 28.2 Å². The van der Waals surface area contributed by atoms with E-state index in [1.54, 1.807) is 6.92 Å². The van der Waals surface area contributed by atoms with Crippen LogP contribution in [0.1, 0.15) is 18.5 Å². The fourth-order valence-corrected chi connectivity index (χ4v) is 1.67. The summed E-state index contributed by atoms with van der Waals surface area (Å²) in [5, 5.41) is 11.8. The smallest absolute Gasteiger partial charge is 0.305 e. The standard InChI is InChI=1S/C14H18N2O6/c1-9-5-11(18)12(19)7-16(9)8-13(20)15-6-10(17)3-4-14(21)22-2/h5,7,19H,3-4,6,8H2,1-2H3,(H,15,20). The lowest BCUT2D eigenvalue weighted by Crippen LogP contribution is -2.33. The lowest BCUT2D eigenvalue weighted by Gasteiger charge is -2.11.